The fourth-order valence-corrected chi connectivity index (χ4v) is 5.57. The van der Waals surface area contributed by atoms with Gasteiger partial charge >= 0.3 is 0 Å². The van der Waals surface area contributed by atoms with Gasteiger partial charge in [0, 0.05) is 37.3 Å². The van der Waals surface area contributed by atoms with Gasteiger partial charge in [0.2, 0.25) is 5.95 Å². The average Bonchev–Trinajstić information content (AvgIpc) is 3.31. The first-order chi connectivity index (χ1) is 18.3. The van der Waals surface area contributed by atoms with Crippen molar-refractivity contribution in [3.05, 3.63) is 45.8 Å². The molecule has 4 heterocycles. The number of ether oxygens (including phenoxy) is 1. The van der Waals surface area contributed by atoms with Crippen LogP contribution in [0.5, 0.6) is 5.75 Å². The van der Waals surface area contributed by atoms with E-state index >= 15 is 0 Å². The highest BCUT2D eigenvalue weighted by Gasteiger charge is 2.39. The number of nitrogens with zero attached hydrogens (tertiary/aromatic N) is 4. The second-order valence-electron chi connectivity index (χ2n) is 10.4. The number of anilines is 3. The molecule has 2 saturated heterocycles. The van der Waals surface area contributed by atoms with Crippen molar-refractivity contribution < 1.29 is 9.53 Å². The molecule has 2 aromatic heterocycles. The van der Waals surface area contributed by atoms with Gasteiger partial charge < -0.3 is 30.2 Å². The first-order valence-corrected chi connectivity index (χ1v) is 13.4. The number of aromatic nitrogens is 3. The maximum atomic E-state index is 13.1. The van der Waals surface area contributed by atoms with Gasteiger partial charge in [-0.2, -0.15) is 4.98 Å². The number of likely N-dealkylation sites (N-methyl/N-ethyl adjacent to an activating group) is 1. The number of pyridine rings is 1. The van der Waals surface area contributed by atoms with Crippen molar-refractivity contribution in [2.75, 3.05) is 50.1 Å². The maximum Gasteiger partial charge on any atom is 0.293 e. The van der Waals surface area contributed by atoms with E-state index in [4.69, 9.17) is 21.3 Å². The molecular weight excluding hydrogens is 506 g/mol. The molecule has 0 radical (unpaired) electrons. The Kier molecular flexibility index (Phi) is 7.45. The van der Waals surface area contributed by atoms with Gasteiger partial charge in [0.05, 0.1) is 11.7 Å². The minimum absolute atomic E-state index is 0.102. The topological polar surface area (TPSA) is 113 Å². The van der Waals surface area contributed by atoms with Crippen LogP contribution in [0, 0.1) is 5.41 Å². The zero-order valence-corrected chi connectivity index (χ0v) is 22.8. The molecule has 0 saturated carbocycles. The molecule has 2 aliphatic rings. The van der Waals surface area contributed by atoms with E-state index in [1.165, 1.54) is 19.9 Å². The van der Waals surface area contributed by atoms with Crippen molar-refractivity contribution in [3.8, 4) is 5.75 Å². The first kappa shape index (κ1) is 26.2. The van der Waals surface area contributed by atoms with Gasteiger partial charge in [0.15, 0.2) is 18.2 Å². The number of nitrogens with one attached hydrogen (secondary N) is 3. The molecule has 38 heavy (non-hydrogen) atoms. The summed E-state index contributed by atoms with van der Waals surface area (Å²) in [5.41, 5.74) is 1.58. The lowest BCUT2D eigenvalue weighted by molar-refractivity contribution is -0.122. The number of benzene rings is 1. The lowest BCUT2D eigenvalue weighted by Crippen LogP contribution is -2.38. The normalized spacial score (nSPS) is 16.8. The fourth-order valence-electron chi connectivity index (χ4n) is 5.44. The van der Waals surface area contributed by atoms with Crippen LogP contribution in [0.1, 0.15) is 39.2 Å². The average molecular weight is 540 g/mol. The highest BCUT2D eigenvalue weighted by molar-refractivity contribution is 6.32. The van der Waals surface area contributed by atoms with E-state index in [2.05, 4.69) is 25.8 Å². The van der Waals surface area contributed by atoms with E-state index < -0.39 is 0 Å². The molecule has 0 unspecified atom stereocenters. The SMILES string of the molecule is CNC(=O)COc1cc2cc(Nc3nc(N4CCC5(CCNCC5)C4)ncc3Cl)ccc2n(C(C)C)c1=O. The van der Waals surface area contributed by atoms with E-state index in [1.54, 1.807) is 16.8 Å². The van der Waals surface area contributed by atoms with E-state index in [-0.39, 0.29) is 29.9 Å². The minimum Gasteiger partial charge on any atom is -0.478 e. The number of halogens is 1. The molecule has 202 valence electrons. The van der Waals surface area contributed by atoms with Crippen LogP contribution in [-0.4, -0.2) is 60.3 Å². The number of hydrogen-bond donors (Lipinski definition) is 3. The number of carbonyl (C=O) groups is 1. The molecule has 1 amide bonds. The van der Waals surface area contributed by atoms with Gasteiger partial charge in [0.25, 0.3) is 11.5 Å². The molecule has 2 fully saturated rings. The summed E-state index contributed by atoms with van der Waals surface area (Å²) >= 11 is 6.49. The van der Waals surface area contributed by atoms with Crippen LogP contribution in [-0.2, 0) is 4.79 Å². The van der Waals surface area contributed by atoms with Crippen molar-refractivity contribution in [2.24, 2.45) is 5.41 Å². The monoisotopic (exact) mass is 539 g/mol. The van der Waals surface area contributed by atoms with Crippen LogP contribution in [0.2, 0.25) is 5.02 Å². The standard InChI is InChI=1S/C27H34ClN7O3/c1-17(2)35-21-5-4-19(12-18(21)13-22(25(35)37)38-15-23(36)29-3)32-24-20(28)14-31-26(33-24)34-11-8-27(16-34)6-9-30-10-7-27/h4-5,12-14,17,30H,6-11,15-16H2,1-3H3,(H,29,36)(H,31,32,33). The van der Waals surface area contributed by atoms with E-state index in [9.17, 15) is 9.59 Å². The number of piperidine rings is 1. The Morgan fingerprint density at radius 1 is 1.24 bits per heavy atom. The van der Waals surface area contributed by atoms with Crippen molar-refractivity contribution in [1.29, 1.82) is 0 Å². The Morgan fingerprint density at radius 2 is 2.03 bits per heavy atom. The molecule has 0 aliphatic carbocycles. The molecule has 2 aliphatic heterocycles. The third kappa shape index (κ3) is 5.28. The second kappa shape index (κ2) is 10.8. The van der Waals surface area contributed by atoms with Gasteiger partial charge in [0.1, 0.15) is 5.02 Å². The molecule has 11 heteroatoms. The highest BCUT2D eigenvalue weighted by atomic mass is 35.5. The van der Waals surface area contributed by atoms with Gasteiger partial charge in [-0.05, 0) is 75.9 Å². The van der Waals surface area contributed by atoms with Crippen LogP contribution in [0.15, 0.2) is 35.3 Å². The summed E-state index contributed by atoms with van der Waals surface area (Å²) in [6.07, 6.45) is 5.14. The smallest absolute Gasteiger partial charge is 0.293 e. The van der Waals surface area contributed by atoms with E-state index in [1.807, 2.05) is 32.0 Å². The van der Waals surface area contributed by atoms with Crippen molar-refractivity contribution >= 4 is 45.9 Å². The van der Waals surface area contributed by atoms with E-state index in [0.29, 0.717) is 22.2 Å². The van der Waals surface area contributed by atoms with E-state index in [0.717, 1.165) is 49.2 Å². The number of hydrogen-bond acceptors (Lipinski definition) is 8. The van der Waals surface area contributed by atoms with Crippen LogP contribution >= 0.6 is 11.6 Å². The zero-order chi connectivity index (χ0) is 26.9. The van der Waals surface area contributed by atoms with Gasteiger partial charge in [-0.15, -0.1) is 0 Å². The predicted molar refractivity (Wildman–Crippen MR) is 150 cm³/mol. The van der Waals surface area contributed by atoms with Crippen molar-refractivity contribution in [3.63, 3.8) is 0 Å². The molecule has 0 atom stereocenters. The van der Waals surface area contributed by atoms with Crippen LogP contribution in [0.3, 0.4) is 0 Å². The lowest BCUT2D eigenvalue weighted by atomic mass is 9.78. The Bertz CT molecular complexity index is 1400. The summed E-state index contributed by atoms with van der Waals surface area (Å²) in [5, 5.41) is 10.5. The molecule has 5 rings (SSSR count). The number of rotatable bonds is 7. The van der Waals surface area contributed by atoms with Gasteiger partial charge in [-0.25, -0.2) is 4.98 Å². The molecular formula is C27H34ClN7O3. The quantitative estimate of drug-likeness (QED) is 0.418. The minimum atomic E-state index is -0.311. The predicted octanol–water partition coefficient (Wildman–Crippen LogP) is 3.47. The Balaban J connectivity index is 1.42. The number of carbonyl (C=O) groups excluding carboxylic acids is 1. The third-order valence-corrected chi connectivity index (χ3v) is 7.81. The lowest BCUT2D eigenvalue weighted by Gasteiger charge is -2.33. The first-order valence-electron chi connectivity index (χ1n) is 13.1. The van der Waals surface area contributed by atoms with Crippen LogP contribution in [0.4, 0.5) is 17.5 Å². The summed E-state index contributed by atoms with van der Waals surface area (Å²) in [4.78, 5) is 36.3. The molecule has 3 N–H and O–H groups in total. The van der Waals surface area contributed by atoms with Crippen LogP contribution < -0.4 is 31.1 Å². The molecule has 3 aromatic rings. The van der Waals surface area contributed by atoms with Gasteiger partial charge in [-0.1, -0.05) is 11.6 Å². The summed E-state index contributed by atoms with van der Waals surface area (Å²) in [5.74, 6) is 1.01. The molecule has 0 bridgehead atoms. The summed E-state index contributed by atoms with van der Waals surface area (Å²) in [7, 11) is 1.52. The highest BCUT2D eigenvalue weighted by Crippen LogP contribution is 2.40. The Morgan fingerprint density at radius 3 is 2.76 bits per heavy atom. The second-order valence-corrected chi connectivity index (χ2v) is 10.8. The fraction of sp³-hybridized carbons (Fsp3) is 0.481. The Hall–Kier alpha value is -3.37. The van der Waals surface area contributed by atoms with Crippen molar-refractivity contribution in [1.82, 2.24) is 25.2 Å². The summed E-state index contributed by atoms with van der Waals surface area (Å²) in [6.45, 7) is 7.65. The van der Waals surface area contributed by atoms with Crippen molar-refractivity contribution in [2.45, 2.75) is 39.2 Å². The van der Waals surface area contributed by atoms with Crippen LogP contribution in [0.25, 0.3) is 10.9 Å². The largest absolute Gasteiger partial charge is 0.478 e. The third-order valence-electron chi connectivity index (χ3n) is 7.54. The number of fused-ring (bicyclic) bond motifs is 1. The summed E-state index contributed by atoms with van der Waals surface area (Å²) < 4.78 is 7.23. The van der Waals surface area contributed by atoms with Gasteiger partial charge in [-0.3, -0.25) is 9.59 Å². The zero-order valence-electron chi connectivity index (χ0n) is 22.0. The molecule has 1 aromatic carbocycles. The maximum absolute atomic E-state index is 13.1. The molecule has 1 spiro atoms. The number of amides is 1. The molecule has 10 nitrogen and oxygen atoms in total. The Labute approximate surface area is 226 Å². The summed E-state index contributed by atoms with van der Waals surface area (Å²) in [6, 6.07) is 7.26.